The quantitative estimate of drug-likeness (QED) is 0.506. The van der Waals surface area contributed by atoms with Gasteiger partial charge >= 0.3 is 0 Å². The highest BCUT2D eigenvalue weighted by Crippen LogP contribution is 2.31. The summed E-state index contributed by atoms with van der Waals surface area (Å²) < 4.78 is 27.1. The van der Waals surface area contributed by atoms with E-state index in [1.165, 1.54) is 0 Å². The number of hydrogen-bond acceptors (Lipinski definition) is 5. The number of H-pyrrole nitrogens is 1. The standard InChI is InChI=1S/C22H22N4O2S.ClH/c27-29(28,21-7-3-5-17-4-1-2-6-18(17)21)22-19-14-16(8-9-20(19)24-25-22)15-26-12-10-23-11-13-26;/h1-9,14,23H,10-13,15H2,(H,24,25);1H. The maximum Gasteiger partial charge on any atom is 0.224 e. The molecule has 1 fully saturated rings. The lowest BCUT2D eigenvalue weighted by Crippen LogP contribution is -2.42. The molecule has 0 bridgehead atoms. The normalized spacial score (nSPS) is 15.3. The number of rotatable bonds is 4. The largest absolute Gasteiger partial charge is 0.314 e. The molecule has 30 heavy (non-hydrogen) atoms. The molecular formula is C22H23ClN4O2S. The highest BCUT2D eigenvalue weighted by Gasteiger charge is 2.25. The van der Waals surface area contributed by atoms with Crippen molar-refractivity contribution in [2.45, 2.75) is 16.5 Å². The number of aromatic amines is 1. The van der Waals surface area contributed by atoms with Crippen molar-refractivity contribution in [2.75, 3.05) is 26.2 Å². The van der Waals surface area contributed by atoms with Crippen LogP contribution in [0.2, 0.25) is 0 Å². The molecule has 1 aliphatic heterocycles. The SMILES string of the molecule is Cl.O=S(=O)(c1cccc2ccccc12)c1[nH]nc2ccc(CN3CCNCC3)cc12. The summed E-state index contributed by atoms with van der Waals surface area (Å²) in [5, 5.41) is 12.8. The first-order valence-electron chi connectivity index (χ1n) is 9.76. The van der Waals surface area contributed by atoms with Crippen LogP contribution in [0.1, 0.15) is 5.56 Å². The summed E-state index contributed by atoms with van der Waals surface area (Å²) in [6.45, 7) is 4.75. The van der Waals surface area contributed by atoms with E-state index in [-0.39, 0.29) is 17.4 Å². The molecule has 1 aliphatic rings. The third-order valence-corrected chi connectivity index (χ3v) is 7.29. The van der Waals surface area contributed by atoms with E-state index in [1.807, 2.05) is 48.5 Å². The second-order valence-corrected chi connectivity index (χ2v) is 9.27. The summed E-state index contributed by atoms with van der Waals surface area (Å²) in [7, 11) is -3.74. The Hall–Kier alpha value is -2.45. The van der Waals surface area contributed by atoms with Gasteiger partial charge in [-0.3, -0.25) is 10.00 Å². The van der Waals surface area contributed by atoms with Crippen LogP contribution in [0.4, 0.5) is 0 Å². The molecule has 5 rings (SSSR count). The molecule has 6 nitrogen and oxygen atoms in total. The second-order valence-electron chi connectivity index (χ2n) is 7.41. The van der Waals surface area contributed by atoms with Crippen molar-refractivity contribution in [3.63, 3.8) is 0 Å². The van der Waals surface area contributed by atoms with Crippen LogP contribution in [0.3, 0.4) is 0 Å². The van der Waals surface area contributed by atoms with Gasteiger partial charge in [0.2, 0.25) is 9.84 Å². The molecule has 1 aromatic heterocycles. The van der Waals surface area contributed by atoms with E-state index in [0.717, 1.165) is 49.1 Å². The van der Waals surface area contributed by atoms with Crippen molar-refractivity contribution < 1.29 is 8.42 Å². The number of piperazine rings is 1. The van der Waals surface area contributed by atoms with Crippen LogP contribution in [0.15, 0.2) is 70.6 Å². The fraction of sp³-hybridized carbons (Fsp3) is 0.227. The van der Waals surface area contributed by atoms with Gasteiger partial charge in [0.15, 0.2) is 5.03 Å². The first-order valence-corrected chi connectivity index (χ1v) is 11.2. The third-order valence-electron chi connectivity index (χ3n) is 5.51. The molecule has 2 heterocycles. The number of hydrogen-bond donors (Lipinski definition) is 2. The first-order chi connectivity index (χ1) is 14.1. The Bertz CT molecular complexity index is 1290. The highest BCUT2D eigenvalue weighted by molar-refractivity contribution is 7.91. The predicted octanol–water partition coefficient (Wildman–Crippen LogP) is 3.38. The lowest BCUT2D eigenvalue weighted by molar-refractivity contribution is 0.233. The summed E-state index contributed by atoms with van der Waals surface area (Å²) in [4.78, 5) is 2.67. The molecule has 0 atom stereocenters. The number of nitrogens with zero attached hydrogens (tertiary/aromatic N) is 2. The molecular weight excluding hydrogens is 420 g/mol. The first kappa shape index (κ1) is 20.8. The molecule has 2 N–H and O–H groups in total. The number of aromatic nitrogens is 2. The minimum Gasteiger partial charge on any atom is -0.314 e. The average molecular weight is 443 g/mol. The van der Waals surface area contributed by atoms with Crippen molar-refractivity contribution >= 4 is 43.9 Å². The van der Waals surface area contributed by atoms with Gasteiger partial charge in [0, 0.05) is 43.5 Å². The third kappa shape index (κ3) is 3.70. The van der Waals surface area contributed by atoms with E-state index in [2.05, 4.69) is 20.4 Å². The van der Waals surface area contributed by atoms with Crippen molar-refractivity contribution in [1.82, 2.24) is 20.4 Å². The van der Waals surface area contributed by atoms with Crippen LogP contribution in [-0.4, -0.2) is 49.7 Å². The zero-order valence-electron chi connectivity index (χ0n) is 16.3. The Morgan fingerprint density at radius 2 is 1.70 bits per heavy atom. The maximum absolute atomic E-state index is 13.5. The molecule has 0 spiro atoms. The Morgan fingerprint density at radius 1 is 0.933 bits per heavy atom. The van der Waals surface area contributed by atoms with Gasteiger partial charge in [-0.25, -0.2) is 8.42 Å². The molecule has 0 radical (unpaired) electrons. The van der Waals surface area contributed by atoms with Crippen LogP contribution in [0.5, 0.6) is 0 Å². The van der Waals surface area contributed by atoms with Crippen LogP contribution in [0, 0.1) is 0 Å². The topological polar surface area (TPSA) is 78.1 Å². The maximum atomic E-state index is 13.5. The van der Waals surface area contributed by atoms with E-state index >= 15 is 0 Å². The number of nitrogens with one attached hydrogen (secondary N) is 2. The molecule has 0 aliphatic carbocycles. The summed E-state index contributed by atoms with van der Waals surface area (Å²) in [6.07, 6.45) is 0. The van der Waals surface area contributed by atoms with Gasteiger partial charge in [0.1, 0.15) is 0 Å². The summed E-state index contributed by atoms with van der Waals surface area (Å²) in [5.41, 5.74) is 1.75. The zero-order valence-corrected chi connectivity index (χ0v) is 18.0. The number of halogens is 1. The molecule has 156 valence electrons. The zero-order chi connectivity index (χ0) is 19.8. The predicted molar refractivity (Wildman–Crippen MR) is 121 cm³/mol. The Kier molecular flexibility index (Phi) is 5.79. The van der Waals surface area contributed by atoms with E-state index in [1.54, 1.807) is 12.1 Å². The van der Waals surface area contributed by atoms with Crippen LogP contribution < -0.4 is 5.32 Å². The lowest BCUT2D eigenvalue weighted by atomic mass is 10.1. The van der Waals surface area contributed by atoms with Crippen LogP contribution in [0.25, 0.3) is 21.7 Å². The average Bonchev–Trinajstić information content (AvgIpc) is 3.18. The van der Waals surface area contributed by atoms with E-state index < -0.39 is 9.84 Å². The molecule has 0 unspecified atom stereocenters. The number of fused-ring (bicyclic) bond motifs is 2. The van der Waals surface area contributed by atoms with Crippen LogP contribution in [-0.2, 0) is 16.4 Å². The Labute approximate surface area is 181 Å². The van der Waals surface area contributed by atoms with Gasteiger partial charge in [0.05, 0.1) is 10.4 Å². The monoisotopic (exact) mass is 442 g/mol. The summed E-state index contributed by atoms with van der Waals surface area (Å²) in [6, 6.07) is 18.8. The van der Waals surface area contributed by atoms with Crippen molar-refractivity contribution in [3.8, 4) is 0 Å². The number of sulfone groups is 1. The highest BCUT2D eigenvalue weighted by atomic mass is 35.5. The fourth-order valence-electron chi connectivity index (χ4n) is 4.00. The Morgan fingerprint density at radius 3 is 2.53 bits per heavy atom. The molecule has 3 aromatic carbocycles. The molecule has 4 aromatic rings. The lowest BCUT2D eigenvalue weighted by Gasteiger charge is -2.27. The minimum absolute atomic E-state index is 0. The molecule has 0 saturated carbocycles. The summed E-state index contributed by atoms with van der Waals surface area (Å²) >= 11 is 0. The van der Waals surface area contributed by atoms with Gasteiger partial charge in [-0.1, -0.05) is 42.5 Å². The summed E-state index contributed by atoms with van der Waals surface area (Å²) in [5.74, 6) is 0. The minimum atomic E-state index is -3.74. The molecule has 8 heteroatoms. The van der Waals surface area contributed by atoms with Crippen molar-refractivity contribution in [2.24, 2.45) is 0 Å². The Balaban J connectivity index is 0.00000218. The van der Waals surface area contributed by atoms with Crippen molar-refractivity contribution in [1.29, 1.82) is 0 Å². The number of benzene rings is 3. The van der Waals surface area contributed by atoms with Crippen molar-refractivity contribution in [3.05, 3.63) is 66.2 Å². The van der Waals surface area contributed by atoms with Crippen LogP contribution >= 0.6 is 12.4 Å². The van der Waals surface area contributed by atoms with Gasteiger partial charge in [-0.05, 0) is 29.1 Å². The van der Waals surface area contributed by atoms with Gasteiger partial charge in [-0.15, -0.1) is 12.4 Å². The fourth-order valence-corrected chi connectivity index (χ4v) is 5.58. The van der Waals surface area contributed by atoms with E-state index in [9.17, 15) is 8.42 Å². The van der Waals surface area contributed by atoms with E-state index in [4.69, 9.17) is 0 Å². The van der Waals surface area contributed by atoms with E-state index in [0.29, 0.717) is 15.8 Å². The van der Waals surface area contributed by atoms with Gasteiger partial charge < -0.3 is 5.32 Å². The smallest absolute Gasteiger partial charge is 0.224 e. The second kappa shape index (κ2) is 8.35. The molecule has 0 amide bonds. The van der Waals surface area contributed by atoms with Gasteiger partial charge in [-0.2, -0.15) is 5.10 Å². The van der Waals surface area contributed by atoms with Gasteiger partial charge in [0.25, 0.3) is 0 Å². The molecule has 1 saturated heterocycles.